The van der Waals surface area contributed by atoms with Crippen molar-refractivity contribution < 1.29 is 28.5 Å². The molecule has 0 N–H and O–H groups in total. The first-order chi connectivity index (χ1) is 22.0. The fourth-order valence-electron chi connectivity index (χ4n) is 5.51. The molecule has 0 saturated carbocycles. The molecule has 248 valence electrons. The second-order valence-corrected chi connectivity index (χ2v) is 12.7. The molecule has 0 unspecified atom stereocenters. The van der Waals surface area contributed by atoms with Crippen molar-refractivity contribution in [2.75, 3.05) is 27.4 Å². The summed E-state index contributed by atoms with van der Waals surface area (Å²) < 4.78 is 23.5. The van der Waals surface area contributed by atoms with Crippen molar-refractivity contribution in [2.24, 2.45) is 0 Å². The average molecular weight is 641 g/mol. The van der Waals surface area contributed by atoms with E-state index >= 15 is 0 Å². The molecule has 0 aliphatic rings. The number of rotatable bonds is 24. The van der Waals surface area contributed by atoms with Gasteiger partial charge in [0.1, 0.15) is 11.5 Å². The maximum atomic E-state index is 13.4. The minimum atomic E-state index is -0.119. The van der Waals surface area contributed by atoms with Crippen LogP contribution in [0.15, 0.2) is 41.2 Å². The van der Waals surface area contributed by atoms with E-state index in [4.69, 9.17) is 9.47 Å². The van der Waals surface area contributed by atoms with E-state index in [1.165, 1.54) is 52.7 Å². The van der Waals surface area contributed by atoms with Crippen LogP contribution in [0, 0.1) is 0 Å². The summed E-state index contributed by atoms with van der Waals surface area (Å²) in [6, 6.07) is 11.5. The lowest BCUT2D eigenvalue weighted by atomic mass is 10.1. The molecule has 3 aromatic rings. The lowest BCUT2D eigenvalue weighted by molar-refractivity contribution is -0.141. The van der Waals surface area contributed by atoms with Crippen LogP contribution in [0.1, 0.15) is 116 Å². The number of fused-ring (bicyclic) bond motifs is 2. The summed E-state index contributed by atoms with van der Waals surface area (Å²) in [4.78, 5) is 35.8. The Morgan fingerprint density at radius 2 is 0.889 bits per heavy atom. The fourth-order valence-corrected chi connectivity index (χ4v) is 6.71. The number of carbonyl (C=O) groups is 2. The molecule has 0 atom stereocenters. The first-order valence-electron chi connectivity index (χ1n) is 16.9. The van der Waals surface area contributed by atoms with Crippen LogP contribution >= 0.6 is 11.3 Å². The molecule has 45 heavy (non-hydrogen) atoms. The van der Waals surface area contributed by atoms with Gasteiger partial charge in [-0.05, 0) is 49.9 Å². The third-order valence-corrected chi connectivity index (χ3v) is 9.42. The van der Waals surface area contributed by atoms with Crippen LogP contribution in [0.25, 0.3) is 20.2 Å². The SMILES string of the molecule is COC(=O)CCCCCCCCCCOc1cccc2c(=O)c3cccc(OCCCCCCCCCCC(=O)OC)c3sc12. The van der Waals surface area contributed by atoms with Gasteiger partial charge in [-0.25, -0.2) is 0 Å². The highest BCUT2D eigenvalue weighted by Crippen LogP contribution is 2.36. The molecule has 0 saturated heterocycles. The molecule has 0 fully saturated rings. The summed E-state index contributed by atoms with van der Waals surface area (Å²) in [6.45, 7) is 1.26. The summed E-state index contributed by atoms with van der Waals surface area (Å²) in [6.07, 6.45) is 18.6. The maximum absolute atomic E-state index is 13.4. The Bertz CT molecular complexity index is 1270. The van der Waals surface area contributed by atoms with Gasteiger partial charge >= 0.3 is 11.9 Å². The molecule has 0 aliphatic heterocycles. The Labute approximate surface area is 272 Å². The van der Waals surface area contributed by atoms with Crippen LogP contribution in [0.4, 0.5) is 0 Å². The van der Waals surface area contributed by atoms with Crippen molar-refractivity contribution in [3.8, 4) is 11.5 Å². The van der Waals surface area contributed by atoms with Gasteiger partial charge in [0.15, 0.2) is 5.43 Å². The maximum Gasteiger partial charge on any atom is 0.305 e. The minimum Gasteiger partial charge on any atom is -0.492 e. The number of ether oxygens (including phenoxy) is 4. The third kappa shape index (κ3) is 13.0. The highest BCUT2D eigenvalue weighted by Gasteiger charge is 2.13. The van der Waals surface area contributed by atoms with E-state index < -0.39 is 0 Å². The van der Waals surface area contributed by atoms with Gasteiger partial charge in [0.25, 0.3) is 0 Å². The van der Waals surface area contributed by atoms with Gasteiger partial charge in [0.2, 0.25) is 0 Å². The Hall–Kier alpha value is -3.13. The monoisotopic (exact) mass is 640 g/mol. The number of hydrogen-bond acceptors (Lipinski definition) is 8. The van der Waals surface area contributed by atoms with Gasteiger partial charge in [-0.15, -0.1) is 11.3 Å². The molecule has 2 aromatic carbocycles. The first-order valence-corrected chi connectivity index (χ1v) is 17.7. The number of benzene rings is 2. The summed E-state index contributed by atoms with van der Waals surface area (Å²) >= 11 is 1.58. The Kier molecular flexibility index (Phi) is 17.4. The Morgan fingerprint density at radius 1 is 0.533 bits per heavy atom. The summed E-state index contributed by atoms with van der Waals surface area (Å²) in [5.41, 5.74) is 0.0211. The van der Waals surface area contributed by atoms with E-state index in [-0.39, 0.29) is 17.4 Å². The molecule has 7 nitrogen and oxygen atoms in total. The summed E-state index contributed by atoms with van der Waals surface area (Å²) in [7, 11) is 2.88. The quantitative estimate of drug-likeness (QED) is 0.0547. The lowest BCUT2D eigenvalue weighted by Gasteiger charge is -2.12. The first kappa shape index (κ1) is 36.3. The largest absolute Gasteiger partial charge is 0.492 e. The predicted molar refractivity (Wildman–Crippen MR) is 184 cm³/mol. The molecule has 0 spiro atoms. The smallest absolute Gasteiger partial charge is 0.305 e. The number of carbonyl (C=O) groups excluding carboxylic acids is 2. The standard InChI is InChI=1S/C37H52O7S/c1-41-33(38)25-15-11-7-3-5-9-13-17-27-43-31-23-19-21-29-35(40)30-22-20-24-32(37(30)45-36(29)31)44-28-18-14-10-6-4-8-12-16-26-34(39)42-2/h19-24H,3-18,25-28H2,1-2H3. The molecular weight excluding hydrogens is 588 g/mol. The topological polar surface area (TPSA) is 88.1 Å². The second-order valence-electron chi connectivity index (χ2n) is 11.7. The Balaban J connectivity index is 1.41. The van der Waals surface area contributed by atoms with Gasteiger partial charge in [0, 0.05) is 23.6 Å². The van der Waals surface area contributed by atoms with E-state index in [9.17, 15) is 14.4 Å². The highest BCUT2D eigenvalue weighted by molar-refractivity contribution is 7.25. The van der Waals surface area contributed by atoms with E-state index in [2.05, 4.69) is 9.47 Å². The van der Waals surface area contributed by atoms with Crippen LogP contribution in [0.2, 0.25) is 0 Å². The van der Waals surface area contributed by atoms with Crippen molar-refractivity contribution in [2.45, 2.75) is 116 Å². The number of unbranched alkanes of at least 4 members (excludes halogenated alkanes) is 14. The van der Waals surface area contributed by atoms with E-state index in [0.717, 1.165) is 85.1 Å². The molecule has 1 heterocycles. The summed E-state index contributed by atoms with van der Waals surface area (Å²) in [5.74, 6) is 1.29. The van der Waals surface area contributed by atoms with Crippen LogP contribution in [-0.2, 0) is 19.1 Å². The zero-order valence-electron chi connectivity index (χ0n) is 27.4. The van der Waals surface area contributed by atoms with Crippen LogP contribution in [0.3, 0.4) is 0 Å². The summed E-state index contributed by atoms with van der Waals surface area (Å²) in [5, 5.41) is 1.39. The number of esters is 2. The van der Waals surface area contributed by atoms with Gasteiger partial charge in [-0.1, -0.05) is 89.2 Å². The highest BCUT2D eigenvalue weighted by atomic mass is 32.1. The van der Waals surface area contributed by atoms with Crippen molar-refractivity contribution in [1.29, 1.82) is 0 Å². The molecule has 3 rings (SSSR count). The van der Waals surface area contributed by atoms with Crippen molar-refractivity contribution in [1.82, 2.24) is 0 Å². The lowest BCUT2D eigenvalue weighted by Crippen LogP contribution is -2.05. The predicted octanol–water partition coefficient (Wildman–Crippen LogP) is 9.54. The normalized spacial score (nSPS) is 11.2. The van der Waals surface area contributed by atoms with Crippen molar-refractivity contribution >= 4 is 43.4 Å². The molecule has 0 aliphatic carbocycles. The molecule has 8 heteroatoms. The van der Waals surface area contributed by atoms with Crippen LogP contribution < -0.4 is 14.9 Å². The van der Waals surface area contributed by atoms with Crippen molar-refractivity contribution in [3.63, 3.8) is 0 Å². The molecule has 1 aromatic heterocycles. The number of methoxy groups -OCH3 is 2. The van der Waals surface area contributed by atoms with E-state index in [1.807, 2.05) is 36.4 Å². The molecule has 0 radical (unpaired) electrons. The molecule has 0 bridgehead atoms. The molecular formula is C37H52O7S. The Morgan fingerprint density at radius 3 is 1.27 bits per heavy atom. The minimum absolute atomic E-state index is 0.0211. The third-order valence-electron chi connectivity index (χ3n) is 8.17. The zero-order valence-corrected chi connectivity index (χ0v) is 28.2. The van der Waals surface area contributed by atoms with Gasteiger partial charge < -0.3 is 18.9 Å². The zero-order chi connectivity index (χ0) is 32.1. The van der Waals surface area contributed by atoms with E-state index in [0.29, 0.717) is 36.8 Å². The van der Waals surface area contributed by atoms with Crippen molar-refractivity contribution in [3.05, 3.63) is 46.6 Å². The van der Waals surface area contributed by atoms with Crippen LogP contribution in [0.5, 0.6) is 11.5 Å². The van der Waals surface area contributed by atoms with Crippen LogP contribution in [-0.4, -0.2) is 39.4 Å². The van der Waals surface area contributed by atoms with Gasteiger partial charge in [-0.2, -0.15) is 0 Å². The molecule has 0 amide bonds. The van der Waals surface area contributed by atoms with E-state index in [1.54, 1.807) is 11.3 Å². The van der Waals surface area contributed by atoms with Gasteiger partial charge in [-0.3, -0.25) is 14.4 Å². The second kappa shape index (κ2) is 21.6. The fraction of sp³-hybridized carbons (Fsp3) is 0.595. The number of hydrogen-bond donors (Lipinski definition) is 0. The van der Waals surface area contributed by atoms with Gasteiger partial charge in [0.05, 0.1) is 36.8 Å². The average Bonchev–Trinajstić information content (AvgIpc) is 3.06.